The average molecular weight is 306 g/mol. The first-order chi connectivity index (χ1) is 10.2. The van der Waals surface area contributed by atoms with Crippen molar-refractivity contribution in [2.75, 3.05) is 13.2 Å². The summed E-state index contributed by atoms with van der Waals surface area (Å²) in [6.07, 6.45) is 2.27. The predicted octanol–water partition coefficient (Wildman–Crippen LogP) is 3.17. The van der Waals surface area contributed by atoms with Gasteiger partial charge in [-0.05, 0) is 29.8 Å². The van der Waals surface area contributed by atoms with Crippen LogP contribution < -0.4 is 9.47 Å². The molecule has 1 aromatic heterocycles. The number of halogens is 1. The van der Waals surface area contributed by atoms with Crippen LogP contribution in [0.2, 0.25) is 5.02 Å². The van der Waals surface area contributed by atoms with E-state index in [2.05, 4.69) is 4.98 Å². The van der Waals surface area contributed by atoms with E-state index in [1.165, 1.54) is 0 Å². The van der Waals surface area contributed by atoms with E-state index in [0.29, 0.717) is 41.7 Å². The molecule has 1 N–H and O–H groups in total. The predicted molar refractivity (Wildman–Crippen MR) is 80.0 cm³/mol. The Morgan fingerprint density at radius 3 is 2.90 bits per heavy atom. The smallest absolute Gasteiger partial charge is 0.179 e. The second-order valence-electron chi connectivity index (χ2n) is 4.92. The highest BCUT2D eigenvalue weighted by atomic mass is 35.5. The van der Waals surface area contributed by atoms with Crippen LogP contribution in [0, 0.1) is 0 Å². The third-order valence-corrected chi connectivity index (χ3v) is 3.62. The summed E-state index contributed by atoms with van der Waals surface area (Å²) in [5.74, 6) is 1.15. The first-order valence-corrected chi connectivity index (χ1v) is 7.29. The highest BCUT2D eigenvalue weighted by Gasteiger charge is 2.19. The molecule has 4 nitrogen and oxygen atoms in total. The molecule has 1 aromatic carbocycles. The van der Waals surface area contributed by atoms with Gasteiger partial charge >= 0.3 is 0 Å². The van der Waals surface area contributed by atoms with Crippen LogP contribution in [0.1, 0.15) is 23.8 Å². The van der Waals surface area contributed by atoms with E-state index in [0.717, 1.165) is 12.1 Å². The first-order valence-electron chi connectivity index (χ1n) is 6.91. The quantitative estimate of drug-likeness (QED) is 0.946. The maximum atomic E-state index is 10.4. The van der Waals surface area contributed by atoms with Gasteiger partial charge in [0.05, 0.1) is 24.3 Å². The molecule has 2 aromatic rings. The zero-order valence-corrected chi connectivity index (χ0v) is 12.2. The van der Waals surface area contributed by atoms with Crippen molar-refractivity contribution in [2.24, 2.45) is 0 Å². The van der Waals surface area contributed by atoms with Gasteiger partial charge in [-0.15, -0.1) is 0 Å². The molecule has 1 aliphatic rings. The molecule has 0 radical (unpaired) electrons. The van der Waals surface area contributed by atoms with Crippen molar-refractivity contribution in [3.05, 3.63) is 52.8 Å². The second-order valence-corrected chi connectivity index (χ2v) is 5.33. The standard InChI is InChI=1S/C16H16ClNO3/c17-13-8-11(9-15-16(13)21-7-3-6-20-15)14(19)10-12-4-1-2-5-18-12/h1-2,4-5,8-9,14,19H,3,6-7,10H2. The highest BCUT2D eigenvalue weighted by molar-refractivity contribution is 6.32. The number of fused-ring (bicyclic) bond motifs is 1. The fourth-order valence-corrected chi connectivity index (χ4v) is 2.55. The lowest BCUT2D eigenvalue weighted by Crippen LogP contribution is -2.04. The summed E-state index contributed by atoms with van der Waals surface area (Å²) in [5, 5.41) is 10.8. The number of aliphatic hydroxyl groups is 1. The molecule has 0 aliphatic carbocycles. The molecule has 1 aliphatic heterocycles. The number of pyridine rings is 1. The largest absolute Gasteiger partial charge is 0.489 e. The van der Waals surface area contributed by atoms with Gasteiger partial charge in [-0.25, -0.2) is 0 Å². The normalized spacial score (nSPS) is 15.3. The van der Waals surface area contributed by atoms with Crippen molar-refractivity contribution in [3.63, 3.8) is 0 Å². The SMILES string of the molecule is OC(Cc1ccccn1)c1cc(Cl)c2c(c1)OCCCO2. The molecule has 0 saturated heterocycles. The number of aromatic nitrogens is 1. The Morgan fingerprint density at radius 1 is 1.24 bits per heavy atom. The number of benzene rings is 1. The van der Waals surface area contributed by atoms with Gasteiger partial charge in [0, 0.05) is 24.7 Å². The average Bonchev–Trinajstić information content (AvgIpc) is 2.74. The van der Waals surface area contributed by atoms with E-state index in [9.17, 15) is 5.11 Å². The molecule has 1 atom stereocenters. The number of hydrogen-bond acceptors (Lipinski definition) is 4. The maximum absolute atomic E-state index is 10.4. The van der Waals surface area contributed by atoms with Crippen LogP contribution in [0.15, 0.2) is 36.5 Å². The maximum Gasteiger partial charge on any atom is 0.179 e. The van der Waals surface area contributed by atoms with Crippen LogP contribution in [0.5, 0.6) is 11.5 Å². The minimum absolute atomic E-state index is 0.427. The second kappa shape index (κ2) is 6.33. The van der Waals surface area contributed by atoms with Crippen LogP contribution in [-0.4, -0.2) is 23.3 Å². The minimum Gasteiger partial charge on any atom is -0.489 e. The van der Waals surface area contributed by atoms with Gasteiger partial charge in [-0.2, -0.15) is 0 Å². The lowest BCUT2D eigenvalue weighted by Gasteiger charge is -2.15. The zero-order valence-electron chi connectivity index (χ0n) is 11.5. The third kappa shape index (κ3) is 3.28. The Morgan fingerprint density at radius 2 is 2.10 bits per heavy atom. The molecule has 0 amide bonds. The number of nitrogens with zero attached hydrogens (tertiary/aromatic N) is 1. The fourth-order valence-electron chi connectivity index (χ4n) is 2.28. The van der Waals surface area contributed by atoms with Crippen LogP contribution in [-0.2, 0) is 6.42 Å². The molecule has 110 valence electrons. The van der Waals surface area contributed by atoms with Crippen LogP contribution in [0.4, 0.5) is 0 Å². The first kappa shape index (κ1) is 14.2. The Kier molecular flexibility index (Phi) is 4.27. The van der Waals surface area contributed by atoms with Crippen LogP contribution in [0.25, 0.3) is 0 Å². The van der Waals surface area contributed by atoms with Crippen molar-refractivity contribution in [1.29, 1.82) is 0 Å². The third-order valence-electron chi connectivity index (χ3n) is 3.34. The number of hydrogen-bond donors (Lipinski definition) is 1. The summed E-state index contributed by atoms with van der Waals surface area (Å²) < 4.78 is 11.2. The Hall–Kier alpha value is -1.78. The summed E-state index contributed by atoms with van der Waals surface area (Å²) in [6.45, 7) is 1.17. The highest BCUT2D eigenvalue weighted by Crippen LogP contribution is 2.39. The van der Waals surface area contributed by atoms with E-state index in [4.69, 9.17) is 21.1 Å². The van der Waals surface area contributed by atoms with Gasteiger partial charge in [0.1, 0.15) is 0 Å². The van der Waals surface area contributed by atoms with Crippen molar-refractivity contribution in [1.82, 2.24) is 4.98 Å². The van der Waals surface area contributed by atoms with Crippen LogP contribution in [0.3, 0.4) is 0 Å². The zero-order chi connectivity index (χ0) is 14.7. The van der Waals surface area contributed by atoms with Crippen molar-refractivity contribution < 1.29 is 14.6 Å². The topological polar surface area (TPSA) is 51.6 Å². The summed E-state index contributed by atoms with van der Waals surface area (Å²) in [5.41, 5.74) is 1.53. The van der Waals surface area contributed by atoms with Gasteiger partial charge in [-0.1, -0.05) is 17.7 Å². The molecule has 1 unspecified atom stereocenters. The molecule has 3 rings (SSSR count). The summed E-state index contributed by atoms with van der Waals surface area (Å²) in [6, 6.07) is 9.15. The monoisotopic (exact) mass is 305 g/mol. The van der Waals surface area contributed by atoms with Gasteiger partial charge in [0.15, 0.2) is 11.5 Å². The van der Waals surface area contributed by atoms with Crippen molar-refractivity contribution in [2.45, 2.75) is 18.9 Å². The van der Waals surface area contributed by atoms with E-state index in [1.807, 2.05) is 18.2 Å². The number of rotatable bonds is 3. The van der Waals surface area contributed by atoms with Crippen molar-refractivity contribution in [3.8, 4) is 11.5 Å². The number of aliphatic hydroxyl groups excluding tert-OH is 1. The summed E-state index contributed by atoms with van der Waals surface area (Å²) in [7, 11) is 0. The molecule has 5 heteroatoms. The molecule has 0 saturated carbocycles. The lowest BCUT2D eigenvalue weighted by molar-refractivity contribution is 0.176. The lowest BCUT2D eigenvalue weighted by atomic mass is 10.0. The Bertz CT molecular complexity index is 618. The Balaban J connectivity index is 1.85. The van der Waals surface area contributed by atoms with E-state index < -0.39 is 6.10 Å². The van der Waals surface area contributed by atoms with Gasteiger partial charge in [0.2, 0.25) is 0 Å². The van der Waals surface area contributed by atoms with Gasteiger partial charge in [-0.3, -0.25) is 4.98 Å². The Labute approximate surface area is 128 Å². The minimum atomic E-state index is -0.686. The van der Waals surface area contributed by atoms with E-state index >= 15 is 0 Å². The fraction of sp³-hybridized carbons (Fsp3) is 0.312. The summed E-state index contributed by atoms with van der Waals surface area (Å²) in [4.78, 5) is 4.22. The van der Waals surface area contributed by atoms with E-state index in [1.54, 1.807) is 18.3 Å². The van der Waals surface area contributed by atoms with Gasteiger partial charge in [0.25, 0.3) is 0 Å². The molecule has 21 heavy (non-hydrogen) atoms. The van der Waals surface area contributed by atoms with Gasteiger partial charge < -0.3 is 14.6 Å². The molecule has 2 heterocycles. The van der Waals surface area contributed by atoms with E-state index in [-0.39, 0.29) is 0 Å². The van der Waals surface area contributed by atoms with Crippen LogP contribution >= 0.6 is 11.6 Å². The molecular weight excluding hydrogens is 290 g/mol. The van der Waals surface area contributed by atoms with Crippen molar-refractivity contribution >= 4 is 11.6 Å². The molecule has 0 spiro atoms. The molecule has 0 fully saturated rings. The number of ether oxygens (including phenoxy) is 2. The summed E-state index contributed by atoms with van der Waals surface area (Å²) >= 11 is 6.24. The molecular formula is C16H16ClNO3. The molecule has 0 bridgehead atoms.